The lowest BCUT2D eigenvalue weighted by Gasteiger charge is -2.32. The predicted octanol–water partition coefficient (Wildman–Crippen LogP) is 2.54. The summed E-state index contributed by atoms with van der Waals surface area (Å²) in [6.45, 7) is 4.91. The van der Waals surface area contributed by atoms with Gasteiger partial charge in [0.05, 0.1) is 11.6 Å². The van der Waals surface area contributed by atoms with Gasteiger partial charge in [-0.3, -0.25) is 9.48 Å². The molecule has 5 nitrogen and oxygen atoms in total. The smallest absolute Gasteiger partial charge is 0.306 e. The molecular weight excluding hydrogens is 273 g/mol. The fraction of sp³-hybridized carbons (Fsp3) is 0.733. The molecule has 1 aromatic heterocycles. The van der Waals surface area contributed by atoms with E-state index in [9.17, 15) is 9.18 Å². The molecule has 0 bridgehead atoms. The van der Waals surface area contributed by atoms with Crippen LogP contribution in [0.5, 0.6) is 0 Å². The Labute approximate surface area is 124 Å². The number of aromatic nitrogens is 2. The Hall–Kier alpha value is -1.43. The summed E-state index contributed by atoms with van der Waals surface area (Å²) in [6, 6.07) is 2.25. The van der Waals surface area contributed by atoms with Gasteiger partial charge in [0.2, 0.25) is 0 Å². The fourth-order valence-electron chi connectivity index (χ4n) is 2.73. The first-order chi connectivity index (χ1) is 9.89. The van der Waals surface area contributed by atoms with E-state index in [0.29, 0.717) is 38.3 Å². The summed E-state index contributed by atoms with van der Waals surface area (Å²) in [6.07, 6.45) is 3.41. The van der Waals surface area contributed by atoms with Crippen molar-refractivity contribution in [3.05, 3.63) is 18.0 Å². The number of carboxylic acid groups (broad SMARTS) is 1. The van der Waals surface area contributed by atoms with Crippen molar-refractivity contribution in [2.24, 2.45) is 5.92 Å². The number of carboxylic acids is 1. The number of hydrogen-bond acceptors (Lipinski definition) is 3. The number of alkyl halides is 1. The minimum atomic E-state index is -1.29. The lowest BCUT2D eigenvalue weighted by Crippen LogP contribution is -2.40. The third-order valence-corrected chi connectivity index (χ3v) is 4.17. The van der Waals surface area contributed by atoms with Crippen LogP contribution in [0.3, 0.4) is 0 Å². The molecule has 0 saturated heterocycles. The highest BCUT2D eigenvalue weighted by atomic mass is 19.1. The first-order valence-corrected chi connectivity index (χ1v) is 7.56. The van der Waals surface area contributed by atoms with Gasteiger partial charge in [-0.25, -0.2) is 4.39 Å². The highest BCUT2D eigenvalue weighted by molar-refractivity contribution is 5.70. The Kier molecular flexibility index (Phi) is 4.98. The van der Waals surface area contributed by atoms with Gasteiger partial charge in [0, 0.05) is 25.3 Å². The second kappa shape index (κ2) is 6.56. The highest BCUT2D eigenvalue weighted by Crippen LogP contribution is 2.34. The maximum absolute atomic E-state index is 14.6. The normalized spacial score (nSPS) is 26.2. The Morgan fingerprint density at radius 2 is 2.24 bits per heavy atom. The summed E-state index contributed by atoms with van der Waals surface area (Å²) < 4.78 is 16.4. The molecule has 0 aliphatic heterocycles. The topological polar surface area (TPSA) is 67.2 Å². The van der Waals surface area contributed by atoms with Gasteiger partial charge >= 0.3 is 5.97 Å². The fourth-order valence-corrected chi connectivity index (χ4v) is 2.73. The van der Waals surface area contributed by atoms with E-state index in [0.717, 1.165) is 5.69 Å². The predicted molar refractivity (Wildman–Crippen MR) is 77.8 cm³/mol. The number of nitrogens with zero attached hydrogens (tertiary/aromatic N) is 2. The molecule has 1 heterocycles. The van der Waals surface area contributed by atoms with Gasteiger partial charge < -0.3 is 10.4 Å². The van der Waals surface area contributed by atoms with Crippen molar-refractivity contribution < 1.29 is 14.3 Å². The quantitative estimate of drug-likeness (QED) is 0.846. The summed E-state index contributed by atoms with van der Waals surface area (Å²) >= 11 is 0. The van der Waals surface area contributed by atoms with E-state index >= 15 is 0 Å². The molecule has 21 heavy (non-hydrogen) atoms. The van der Waals surface area contributed by atoms with Crippen LogP contribution in [0.4, 0.5) is 4.39 Å². The number of halogens is 1. The van der Waals surface area contributed by atoms with Crippen LogP contribution in [0.25, 0.3) is 0 Å². The number of aliphatic carboxylic acids is 1. The molecule has 0 spiro atoms. The molecule has 1 aromatic rings. The zero-order valence-corrected chi connectivity index (χ0v) is 12.7. The number of hydrogen-bond donors (Lipinski definition) is 2. The summed E-state index contributed by atoms with van der Waals surface area (Å²) in [5.74, 6) is -1.18. The zero-order chi connectivity index (χ0) is 15.5. The van der Waals surface area contributed by atoms with Crippen LogP contribution in [0.15, 0.2) is 12.3 Å². The van der Waals surface area contributed by atoms with Crippen molar-refractivity contribution >= 4 is 5.97 Å². The van der Waals surface area contributed by atoms with E-state index in [4.69, 9.17) is 5.11 Å². The van der Waals surface area contributed by atoms with Crippen LogP contribution >= 0.6 is 0 Å². The Bertz CT molecular complexity index is 479. The third-order valence-electron chi connectivity index (χ3n) is 4.17. The summed E-state index contributed by atoms with van der Waals surface area (Å²) in [5, 5.41) is 16.4. The molecular formula is C15H24FN3O2. The first kappa shape index (κ1) is 15.9. The van der Waals surface area contributed by atoms with Crippen molar-refractivity contribution in [3.8, 4) is 0 Å². The summed E-state index contributed by atoms with van der Waals surface area (Å²) in [7, 11) is 0. The van der Waals surface area contributed by atoms with Crippen LogP contribution in [0.2, 0.25) is 0 Å². The Balaban J connectivity index is 1.76. The Morgan fingerprint density at radius 1 is 1.57 bits per heavy atom. The van der Waals surface area contributed by atoms with E-state index < -0.39 is 11.6 Å². The molecule has 1 fully saturated rings. The molecule has 1 aliphatic carbocycles. The van der Waals surface area contributed by atoms with Crippen LogP contribution < -0.4 is 5.32 Å². The molecule has 1 aliphatic rings. The van der Waals surface area contributed by atoms with E-state index in [1.54, 1.807) is 0 Å². The van der Waals surface area contributed by atoms with Gasteiger partial charge in [-0.1, -0.05) is 0 Å². The molecule has 118 valence electrons. The van der Waals surface area contributed by atoms with E-state index in [1.165, 1.54) is 0 Å². The molecule has 2 rings (SSSR count). The van der Waals surface area contributed by atoms with Crippen LogP contribution in [0, 0.1) is 5.92 Å². The molecule has 0 radical (unpaired) electrons. The van der Waals surface area contributed by atoms with E-state index in [2.05, 4.69) is 24.3 Å². The van der Waals surface area contributed by atoms with Gasteiger partial charge in [-0.2, -0.15) is 5.10 Å². The minimum Gasteiger partial charge on any atom is -0.481 e. The minimum absolute atomic E-state index is 0.258. The lowest BCUT2D eigenvalue weighted by atomic mass is 9.80. The number of nitrogens with one attached hydrogen (secondary N) is 1. The lowest BCUT2D eigenvalue weighted by molar-refractivity contribution is -0.143. The second-order valence-electron chi connectivity index (χ2n) is 6.25. The van der Waals surface area contributed by atoms with Crippen LogP contribution in [-0.4, -0.2) is 33.1 Å². The molecule has 0 unspecified atom stereocenters. The Morgan fingerprint density at radius 3 is 2.76 bits per heavy atom. The van der Waals surface area contributed by atoms with Gasteiger partial charge in [0.25, 0.3) is 0 Å². The van der Waals surface area contributed by atoms with Crippen molar-refractivity contribution in [3.63, 3.8) is 0 Å². The molecule has 0 aromatic carbocycles. The zero-order valence-electron chi connectivity index (χ0n) is 12.7. The molecule has 1 saturated carbocycles. The average Bonchev–Trinajstić information content (AvgIpc) is 2.88. The largest absolute Gasteiger partial charge is 0.481 e. The number of carbonyl (C=O) groups is 1. The van der Waals surface area contributed by atoms with Gasteiger partial charge in [0.15, 0.2) is 0 Å². The van der Waals surface area contributed by atoms with Crippen molar-refractivity contribution in [2.75, 3.05) is 6.54 Å². The van der Waals surface area contributed by atoms with Gasteiger partial charge in [0.1, 0.15) is 5.67 Å². The van der Waals surface area contributed by atoms with Gasteiger partial charge in [-0.05, 0) is 45.6 Å². The standard InChI is InChI=1S/C15H24FN3O2/c1-11(2)19-8-5-13(18-19)9-17-10-15(16)6-3-12(4-7-15)14(20)21/h5,8,11-12,17H,3-4,6-7,9-10H2,1-2H3,(H,20,21). The molecule has 0 atom stereocenters. The van der Waals surface area contributed by atoms with E-state index in [1.807, 2.05) is 16.9 Å². The van der Waals surface area contributed by atoms with Crippen molar-refractivity contribution in [1.82, 2.24) is 15.1 Å². The van der Waals surface area contributed by atoms with Gasteiger partial charge in [-0.15, -0.1) is 0 Å². The maximum atomic E-state index is 14.6. The summed E-state index contributed by atoms with van der Waals surface area (Å²) in [5.41, 5.74) is -0.390. The van der Waals surface area contributed by atoms with E-state index in [-0.39, 0.29) is 12.5 Å². The molecule has 0 amide bonds. The second-order valence-corrected chi connectivity index (χ2v) is 6.25. The van der Waals surface area contributed by atoms with Crippen molar-refractivity contribution in [2.45, 2.75) is 57.8 Å². The SMILES string of the molecule is CC(C)n1ccc(CNCC2(F)CCC(C(=O)O)CC2)n1. The monoisotopic (exact) mass is 297 g/mol. The van der Waals surface area contributed by atoms with Crippen molar-refractivity contribution in [1.29, 1.82) is 0 Å². The molecule has 2 N–H and O–H groups in total. The maximum Gasteiger partial charge on any atom is 0.306 e. The van der Waals surface area contributed by atoms with Crippen LogP contribution in [-0.2, 0) is 11.3 Å². The number of rotatable bonds is 6. The third kappa shape index (κ3) is 4.27. The average molecular weight is 297 g/mol. The summed E-state index contributed by atoms with van der Waals surface area (Å²) in [4.78, 5) is 10.9. The van der Waals surface area contributed by atoms with Crippen LogP contribution in [0.1, 0.15) is 51.3 Å². The first-order valence-electron chi connectivity index (χ1n) is 7.56. The highest BCUT2D eigenvalue weighted by Gasteiger charge is 2.37. The molecule has 6 heteroatoms.